The van der Waals surface area contributed by atoms with Crippen LogP contribution in [0.5, 0.6) is 5.19 Å². The van der Waals surface area contributed by atoms with Crippen molar-refractivity contribution in [2.45, 2.75) is 18.9 Å². The molecule has 3 aromatic rings. The molecule has 0 radical (unpaired) electrons. The molecule has 0 aliphatic carbocycles. The van der Waals surface area contributed by atoms with E-state index >= 15 is 0 Å². The molecule has 1 aliphatic rings. The zero-order chi connectivity index (χ0) is 16.5. The van der Waals surface area contributed by atoms with E-state index in [0.29, 0.717) is 36.6 Å². The fourth-order valence-electron chi connectivity index (χ4n) is 2.75. The first kappa shape index (κ1) is 15.1. The number of thiazole rings is 1. The maximum atomic E-state index is 13.7. The van der Waals surface area contributed by atoms with Crippen molar-refractivity contribution in [3.8, 4) is 5.19 Å². The van der Waals surface area contributed by atoms with Gasteiger partial charge in [-0.2, -0.15) is 4.98 Å². The standard InChI is InChI=1S/C16H14FN3O3S/c17-11-2-1-3-13-14(11)19-16(24-13)22-10-5-8-20(9-6-10)15(21)12-4-7-18-23-12/h1-4,7,10H,5-6,8-9H2. The zero-order valence-electron chi connectivity index (χ0n) is 12.6. The molecule has 3 heterocycles. The van der Waals surface area contributed by atoms with Crippen LogP contribution in [0.3, 0.4) is 0 Å². The highest BCUT2D eigenvalue weighted by Crippen LogP contribution is 2.31. The highest BCUT2D eigenvalue weighted by molar-refractivity contribution is 7.20. The second kappa shape index (κ2) is 6.20. The van der Waals surface area contributed by atoms with Gasteiger partial charge < -0.3 is 14.2 Å². The lowest BCUT2D eigenvalue weighted by Gasteiger charge is -2.30. The fourth-order valence-corrected chi connectivity index (χ4v) is 3.64. The summed E-state index contributed by atoms with van der Waals surface area (Å²) in [6.07, 6.45) is 2.80. The molecular weight excluding hydrogens is 333 g/mol. The monoisotopic (exact) mass is 347 g/mol. The molecule has 0 bridgehead atoms. The van der Waals surface area contributed by atoms with Crippen molar-refractivity contribution in [2.24, 2.45) is 0 Å². The molecule has 24 heavy (non-hydrogen) atoms. The number of piperidine rings is 1. The number of hydrogen-bond acceptors (Lipinski definition) is 6. The SMILES string of the molecule is O=C(c1ccno1)N1CCC(Oc2nc3c(F)cccc3s2)CC1. The summed E-state index contributed by atoms with van der Waals surface area (Å²) in [7, 11) is 0. The number of hydrogen-bond donors (Lipinski definition) is 0. The topological polar surface area (TPSA) is 68.5 Å². The molecule has 4 rings (SSSR count). The number of para-hydroxylation sites is 1. The number of carbonyl (C=O) groups is 1. The van der Waals surface area contributed by atoms with Gasteiger partial charge in [0.25, 0.3) is 11.1 Å². The number of benzene rings is 1. The summed E-state index contributed by atoms with van der Waals surface area (Å²) >= 11 is 1.33. The van der Waals surface area contributed by atoms with Gasteiger partial charge in [-0.3, -0.25) is 4.79 Å². The number of aromatic nitrogens is 2. The molecule has 124 valence electrons. The van der Waals surface area contributed by atoms with Gasteiger partial charge in [0.2, 0.25) is 5.76 Å². The summed E-state index contributed by atoms with van der Waals surface area (Å²) in [5, 5.41) is 4.02. The molecule has 1 aliphatic heterocycles. The predicted octanol–water partition coefficient (Wildman–Crippen LogP) is 3.11. The van der Waals surface area contributed by atoms with Crippen molar-refractivity contribution in [2.75, 3.05) is 13.1 Å². The normalized spacial score (nSPS) is 15.8. The first-order valence-corrected chi connectivity index (χ1v) is 8.44. The molecule has 0 atom stereocenters. The van der Waals surface area contributed by atoms with E-state index in [2.05, 4.69) is 10.1 Å². The Labute approximate surface area is 140 Å². The minimum atomic E-state index is -0.342. The molecule has 2 aromatic heterocycles. The van der Waals surface area contributed by atoms with Crippen molar-refractivity contribution in [3.05, 3.63) is 42.0 Å². The minimum absolute atomic E-state index is 0.0348. The van der Waals surface area contributed by atoms with Crippen LogP contribution in [-0.4, -0.2) is 40.1 Å². The van der Waals surface area contributed by atoms with Crippen LogP contribution in [0.1, 0.15) is 23.4 Å². The van der Waals surface area contributed by atoms with Crippen molar-refractivity contribution in [3.63, 3.8) is 0 Å². The number of halogens is 1. The zero-order valence-corrected chi connectivity index (χ0v) is 13.5. The fraction of sp³-hybridized carbons (Fsp3) is 0.312. The number of amides is 1. The van der Waals surface area contributed by atoms with E-state index in [1.807, 2.05) is 6.07 Å². The van der Waals surface area contributed by atoms with Gasteiger partial charge in [-0.25, -0.2) is 4.39 Å². The molecular formula is C16H14FN3O3S. The number of rotatable bonds is 3. The van der Waals surface area contributed by atoms with Gasteiger partial charge in [0.15, 0.2) is 0 Å². The van der Waals surface area contributed by atoms with Gasteiger partial charge >= 0.3 is 0 Å². The maximum absolute atomic E-state index is 13.7. The third-order valence-corrected chi connectivity index (χ3v) is 4.91. The van der Waals surface area contributed by atoms with Gasteiger partial charge in [0.1, 0.15) is 17.4 Å². The first-order valence-electron chi connectivity index (χ1n) is 7.62. The summed E-state index contributed by atoms with van der Waals surface area (Å²) in [6.45, 7) is 1.15. The van der Waals surface area contributed by atoms with E-state index in [0.717, 1.165) is 4.70 Å². The van der Waals surface area contributed by atoms with Crippen LogP contribution in [0, 0.1) is 5.82 Å². The molecule has 1 aromatic carbocycles. The predicted molar refractivity (Wildman–Crippen MR) is 85.6 cm³/mol. The number of likely N-dealkylation sites (tertiary alicyclic amines) is 1. The van der Waals surface area contributed by atoms with E-state index in [4.69, 9.17) is 9.26 Å². The average Bonchev–Trinajstić information content (AvgIpc) is 3.25. The summed E-state index contributed by atoms with van der Waals surface area (Å²) in [6, 6.07) is 6.43. The van der Waals surface area contributed by atoms with E-state index in [1.165, 1.54) is 23.6 Å². The maximum Gasteiger partial charge on any atom is 0.292 e. The highest BCUT2D eigenvalue weighted by Gasteiger charge is 2.27. The lowest BCUT2D eigenvalue weighted by atomic mass is 10.1. The molecule has 0 unspecified atom stereocenters. The molecule has 6 nitrogen and oxygen atoms in total. The molecule has 1 saturated heterocycles. The minimum Gasteiger partial charge on any atom is -0.467 e. The van der Waals surface area contributed by atoms with Crippen LogP contribution < -0.4 is 4.74 Å². The Morgan fingerprint density at radius 2 is 2.17 bits per heavy atom. The van der Waals surface area contributed by atoms with Crippen LogP contribution in [0.4, 0.5) is 4.39 Å². The van der Waals surface area contributed by atoms with Crippen molar-refractivity contribution < 1.29 is 18.4 Å². The van der Waals surface area contributed by atoms with E-state index in [9.17, 15) is 9.18 Å². The lowest BCUT2D eigenvalue weighted by molar-refractivity contribution is 0.0558. The Bertz CT molecular complexity index is 857. The molecule has 1 fully saturated rings. The van der Waals surface area contributed by atoms with Gasteiger partial charge in [-0.15, -0.1) is 0 Å². The second-order valence-corrected chi connectivity index (χ2v) is 6.55. The molecule has 1 amide bonds. The summed E-state index contributed by atoms with van der Waals surface area (Å²) in [4.78, 5) is 18.1. The molecule has 0 N–H and O–H groups in total. The van der Waals surface area contributed by atoms with Gasteiger partial charge in [0, 0.05) is 32.0 Å². The summed E-state index contributed by atoms with van der Waals surface area (Å²) in [5.74, 6) is -0.255. The van der Waals surface area contributed by atoms with Crippen LogP contribution in [0.25, 0.3) is 10.2 Å². The summed E-state index contributed by atoms with van der Waals surface area (Å²) < 4.78 is 25.2. The number of nitrogens with zero attached hydrogens (tertiary/aromatic N) is 3. The Morgan fingerprint density at radius 1 is 1.33 bits per heavy atom. The van der Waals surface area contributed by atoms with Crippen LogP contribution in [-0.2, 0) is 0 Å². The number of carbonyl (C=O) groups excluding carboxylic acids is 1. The second-order valence-electron chi connectivity index (χ2n) is 5.55. The average molecular weight is 347 g/mol. The third-order valence-electron chi connectivity index (χ3n) is 4.00. The Kier molecular flexibility index (Phi) is 3.89. The smallest absolute Gasteiger partial charge is 0.292 e. The largest absolute Gasteiger partial charge is 0.467 e. The van der Waals surface area contributed by atoms with Gasteiger partial charge in [-0.1, -0.05) is 22.6 Å². The number of ether oxygens (including phenoxy) is 1. The van der Waals surface area contributed by atoms with Crippen molar-refractivity contribution in [1.29, 1.82) is 0 Å². The van der Waals surface area contributed by atoms with Gasteiger partial charge in [-0.05, 0) is 12.1 Å². The Balaban J connectivity index is 1.39. The van der Waals surface area contributed by atoms with E-state index in [1.54, 1.807) is 17.0 Å². The quantitative estimate of drug-likeness (QED) is 0.728. The third kappa shape index (κ3) is 2.84. The number of fused-ring (bicyclic) bond motifs is 1. The van der Waals surface area contributed by atoms with E-state index < -0.39 is 0 Å². The van der Waals surface area contributed by atoms with Gasteiger partial charge in [0.05, 0.1) is 10.9 Å². The van der Waals surface area contributed by atoms with Crippen molar-refractivity contribution in [1.82, 2.24) is 15.0 Å². The summed E-state index contributed by atoms with van der Waals surface area (Å²) in [5.41, 5.74) is 0.343. The molecule has 0 spiro atoms. The van der Waals surface area contributed by atoms with Crippen LogP contribution >= 0.6 is 11.3 Å². The first-order chi connectivity index (χ1) is 11.7. The van der Waals surface area contributed by atoms with E-state index in [-0.39, 0.29) is 23.6 Å². The molecule has 0 saturated carbocycles. The molecule has 8 heteroatoms. The highest BCUT2D eigenvalue weighted by atomic mass is 32.1. The van der Waals surface area contributed by atoms with Crippen molar-refractivity contribution >= 4 is 27.5 Å². The Hall–Kier alpha value is -2.48. The Morgan fingerprint density at radius 3 is 2.88 bits per heavy atom. The lowest BCUT2D eigenvalue weighted by Crippen LogP contribution is -2.41. The van der Waals surface area contributed by atoms with Crippen LogP contribution in [0.15, 0.2) is 35.0 Å². The van der Waals surface area contributed by atoms with Crippen LogP contribution in [0.2, 0.25) is 0 Å².